The van der Waals surface area contributed by atoms with E-state index < -0.39 is 11.9 Å². The fraction of sp³-hybridized carbons (Fsp3) is 0.727. The molecular formula is C33H51N3O5. The van der Waals surface area contributed by atoms with Crippen molar-refractivity contribution < 1.29 is 23.8 Å². The maximum Gasteiger partial charge on any atom is 0.510 e. The number of carbonyl (C=O) groups is 2. The van der Waals surface area contributed by atoms with E-state index in [1.54, 1.807) is 0 Å². The SMILES string of the molecule is COC(=O)CCC1(OC(=O)OC)N=CN(C2CCCCC2)C1CC1CCC(C(CCc2ccccc2)N(C)C)CC1. The van der Waals surface area contributed by atoms with Crippen LogP contribution in [0, 0.1) is 11.8 Å². The molecule has 3 aliphatic rings. The Morgan fingerprint density at radius 1 is 1.00 bits per heavy atom. The van der Waals surface area contributed by atoms with Crippen LogP contribution in [0.1, 0.15) is 89.0 Å². The molecule has 2 saturated carbocycles. The maximum absolute atomic E-state index is 12.5. The molecule has 4 rings (SSSR count). The zero-order valence-corrected chi connectivity index (χ0v) is 25.6. The predicted molar refractivity (Wildman–Crippen MR) is 161 cm³/mol. The summed E-state index contributed by atoms with van der Waals surface area (Å²) < 4.78 is 15.8. The van der Waals surface area contributed by atoms with Crippen molar-refractivity contribution in [3.63, 3.8) is 0 Å². The van der Waals surface area contributed by atoms with Crippen molar-refractivity contribution in [2.45, 2.75) is 114 Å². The van der Waals surface area contributed by atoms with Gasteiger partial charge in [-0.15, -0.1) is 0 Å². The third-order valence-electron chi connectivity index (χ3n) is 9.86. The Bertz CT molecular complexity index is 988. The Morgan fingerprint density at radius 3 is 2.34 bits per heavy atom. The summed E-state index contributed by atoms with van der Waals surface area (Å²) in [5.74, 6) is 0.864. The van der Waals surface area contributed by atoms with E-state index in [1.165, 1.54) is 58.3 Å². The van der Waals surface area contributed by atoms with Gasteiger partial charge in [0.05, 0.1) is 33.0 Å². The molecular weight excluding hydrogens is 518 g/mol. The first-order valence-electron chi connectivity index (χ1n) is 15.7. The highest BCUT2D eigenvalue weighted by Gasteiger charge is 2.51. The maximum atomic E-state index is 12.5. The number of hydrogen-bond acceptors (Lipinski definition) is 8. The number of aliphatic imine (C=N–C) groups is 1. The molecule has 8 nitrogen and oxygen atoms in total. The normalized spacial score (nSPS) is 27.5. The summed E-state index contributed by atoms with van der Waals surface area (Å²) in [6.07, 6.45) is 15.3. The minimum Gasteiger partial charge on any atom is -0.469 e. The van der Waals surface area contributed by atoms with E-state index in [1.807, 2.05) is 6.34 Å². The molecule has 0 bridgehead atoms. The molecule has 0 N–H and O–H groups in total. The van der Waals surface area contributed by atoms with Gasteiger partial charge in [0.15, 0.2) is 0 Å². The first kappa shape index (κ1) is 31.3. The average molecular weight is 570 g/mol. The van der Waals surface area contributed by atoms with Gasteiger partial charge in [0.25, 0.3) is 0 Å². The van der Waals surface area contributed by atoms with E-state index in [4.69, 9.17) is 19.2 Å². The Balaban J connectivity index is 1.46. The molecule has 3 unspecified atom stereocenters. The van der Waals surface area contributed by atoms with Gasteiger partial charge in [-0.05, 0) is 76.4 Å². The number of carbonyl (C=O) groups excluding carboxylic acids is 2. The van der Waals surface area contributed by atoms with Crippen molar-refractivity contribution in [1.29, 1.82) is 0 Å². The number of benzene rings is 1. The van der Waals surface area contributed by atoms with Crippen LogP contribution in [-0.2, 0) is 25.4 Å². The highest BCUT2D eigenvalue weighted by Crippen LogP contribution is 2.43. The van der Waals surface area contributed by atoms with Gasteiger partial charge in [-0.3, -0.25) is 4.79 Å². The van der Waals surface area contributed by atoms with Crippen molar-refractivity contribution in [2.75, 3.05) is 28.3 Å². The fourth-order valence-electron chi connectivity index (χ4n) is 7.54. The summed E-state index contributed by atoms with van der Waals surface area (Å²) in [5, 5.41) is 0. The van der Waals surface area contributed by atoms with Crippen LogP contribution in [-0.4, -0.2) is 80.4 Å². The van der Waals surface area contributed by atoms with Crippen LogP contribution >= 0.6 is 0 Å². The van der Waals surface area contributed by atoms with Crippen LogP contribution in [0.25, 0.3) is 0 Å². The molecule has 0 amide bonds. The molecule has 1 aromatic carbocycles. The van der Waals surface area contributed by atoms with Crippen LogP contribution in [0.5, 0.6) is 0 Å². The number of aryl methyl sites for hydroxylation is 1. The fourth-order valence-corrected chi connectivity index (χ4v) is 7.54. The number of esters is 1. The molecule has 1 aromatic rings. The molecule has 2 fully saturated rings. The average Bonchev–Trinajstić information content (AvgIpc) is 3.34. The second kappa shape index (κ2) is 15.0. The zero-order chi connectivity index (χ0) is 29.2. The molecule has 0 spiro atoms. The van der Waals surface area contributed by atoms with Crippen molar-refractivity contribution in [2.24, 2.45) is 16.8 Å². The molecule has 3 atom stereocenters. The van der Waals surface area contributed by atoms with E-state index in [-0.39, 0.29) is 24.9 Å². The molecule has 0 aromatic heterocycles. The Morgan fingerprint density at radius 2 is 1.71 bits per heavy atom. The molecule has 228 valence electrons. The lowest BCUT2D eigenvalue weighted by Gasteiger charge is -2.43. The summed E-state index contributed by atoms with van der Waals surface area (Å²) >= 11 is 0. The van der Waals surface area contributed by atoms with Crippen molar-refractivity contribution in [3.05, 3.63) is 35.9 Å². The third-order valence-corrected chi connectivity index (χ3v) is 9.86. The van der Waals surface area contributed by atoms with Crippen LogP contribution in [0.15, 0.2) is 35.3 Å². The van der Waals surface area contributed by atoms with E-state index in [9.17, 15) is 9.59 Å². The topological polar surface area (TPSA) is 80.7 Å². The van der Waals surface area contributed by atoms with E-state index in [2.05, 4.69) is 54.2 Å². The predicted octanol–water partition coefficient (Wildman–Crippen LogP) is 6.22. The lowest BCUT2D eigenvalue weighted by atomic mass is 9.73. The van der Waals surface area contributed by atoms with Crippen LogP contribution < -0.4 is 0 Å². The van der Waals surface area contributed by atoms with Crippen molar-refractivity contribution in [3.8, 4) is 0 Å². The van der Waals surface area contributed by atoms with Gasteiger partial charge in [-0.2, -0.15) is 0 Å². The third kappa shape index (κ3) is 8.24. The van der Waals surface area contributed by atoms with Crippen molar-refractivity contribution in [1.82, 2.24) is 9.80 Å². The van der Waals surface area contributed by atoms with Gasteiger partial charge in [0, 0.05) is 18.5 Å². The summed E-state index contributed by atoms with van der Waals surface area (Å²) in [5.41, 5.74) is 0.267. The van der Waals surface area contributed by atoms with E-state index in [0.29, 0.717) is 23.9 Å². The highest BCUT2D eigenvalue weighted by atomic mass is 16.7. The number of nitrogens with zero attached hydrogens (tertiary/aromatic N) is 3. The summed E-state index contributed by atoms with van der Waals surface area (Å²) in [6.45, 7) is 0. The van der Waals surface area contributed by atoms with E-state index in [0.717, 1.165) is 38.5 Å². The van der Waals surface area contributed by atoms with Gasteiger partial charge in [-0.1, -0.05) is 62.4 Å². The number of rotatable bonds is 12. The van der Waals surface area contributed by atoms with Crippen LogP contribution in [0.4, 0.5) is 4.79 Å². The Hall–Kier alpha value is -2.61. The largest absolute Gasteiger partial charge is 0.510 e. The molecule has 1 heterocycles. The Labute approximate surface area is 246 Å². The summed E-state index contributed by atoms with van der Waals surface area (Å²) in [7, 11) is 7.15. The molecule has 1 aliphatic heterocycles. The number of hydrogen-bond donors (Lipinski definition) is 0. The molecule has 2 aliphatic carbocycles. The summed E-state index contributed by atoms with van der Waals surface area (Å²) in [4.78, 5) is 34.3. The van der Waals surface area contributed by atoms with Gasteiger partial charge >= 0.3 is 12.1 Å². The molecule has 0 radical (unpaired) electrons. The minimum absolute atomic E-state index is 0.112. The highest BCUT2D eigenvalue weighted by molar-refractivity contribution is 5.70. The standard InChI is InChI=1S/C33H51N3O5/c1-35(2)29(20-17-25-11-7-5-8-12-25)27-18-15-26(16-19-27)23-30-33(41-32(38)40-4,22-21-31(37)39-3)34-24-36(30)28-13-9-6-10-14-28/h5,7-8,11-12,24,26-30H,6,9-10,13-23H2,1-4H3. The Kier molecular flexibility index (Phi) is 11.5. The van der Waals surface area contributed by atoms with Gasteiger partial charge in [0.1, 0.15) is 0 Å². The molecule has 8 heteroatoms. The molecule has 41 heavy (non-hydrogen) atoms. The van der Waals surface area contributed by atoms with Gasteiger partial charge in [-0.25, -0.2) is 9.79 Å². The molecule has 0 saturated heterocycles. The van der Waals surface area contributed by atoms with E-state index >= 15 is 0 Å². The summed E-state index contributed by atoms with van der Waals surface area (Å²) in [6, 6.07) is 11.6. The van der Waals surface area contributed by atoms with Crippen LogP contribution in [0.3, 0.4) is 0 Å². The smallest absolute Gasteiger partial charge is 0.469 e. The van der Waals surface area contributed by atoms with Crippen molar-refractivity contribution >= 4 is 18.5 Å². The first-order valence-corrected chi connectivity index (χ1v) is 15.7. The zero-order valence-electron chi connectivity index (χ0n) is 25.6. The quantitative estimate of drug-likeness (QED) is 0.276. The van der Waals surface area contributed by atoms with Gasteiger partial charge in [0.2, 0.25) is 5.72 Å². The lowest BCUT2D eigenvalue weighted by molar-refractivity contribution is -0.143. The van der Waals surface area contributed by atoms with Gasteiger partial charge < -0.3 is 24.0 Å². The second-order valence-corrected chi connectivity index (χ2v) is 12.5. The van der Waals surface area contributed by atoms with Crippen LogP contribution in [0.2, 0.25) is 0 Å². The number of ether oxygens (including phenoxy) is 3. The number of methoxy groups -OCH3 is 2. The minimum atomic E-state index is -1.14. The second-order valence-electron chi connectivity index (χ2n) is 12.5. The lowest BCUT2D eigenvalue weighted by Crippen LogP contribution is -2.53. The monoisotopic (exact) mass is 569 g/mol. The first-order chi connectivity index (χ1) is 19.8.